The predicted molar refractivity (Wildman–Crippen MR) is 53.5 cm³/mol. The highest BCUT2D eigenvalue weighted by molar-refractivity contribution is 7.14. The first-order chi connectivity index (χ1) is 5.77. The molecule has 0 aromatic carbocycles. The van der Waals surface area contributed by atoms with Crippen molar-refractivity contribution in [2.45, 2.75) is 13.8 Å². The molecule has 0 atom stereocenters. The van der Waals surface area contributed by atoms with Crippen LogP contribution in [0.3, 0.4) is 0 Å². The van der Waals surface area contributed by atoms with E-state index in [1.165, 1.54) is 4.88 Å². The lowest BCUT2D eigenvalue weighted by atomic mass is 10.4. The van der Waals surface area contributed by atoms with Gasteiger partial charge in [-0.2, -0.15) is 0 Å². The Morgan fingerprint density at radius 3 is 2.83 bits per heavy atom. The summed E-state index contributed by atoms with van der Waals surface area (Å²) >= 11 is 1.69. The van der Waals surface area contributed by atoms with Crippen molar-refractivity contribution >= 4 is 17.2 Å². The van der Waals surface area contributed by atoms with Crippen molar-refractivity contribution in [2.24, 2.45) is 10.8 Å². The highest BCUT2D eigenvalue weighted by atomic mass is 32.1. The van der Waals surface area contributed by atoms with Crippen LogP contribution in [0, 0.1) is 6.92 Å². The number of aliphatic imine (C=N–C) groups is 1. The number of hydrazine groups is 1. The second-order valence-electron chi connectivity index (χ2n) is 2.38. The number of nitrogens with zero attached hydrogens (tertiary/aromatic N) is 1. The fraction of sp³-hybridized carbons (Fsp3) is 0.375. The Morgan fingerprint density at radius 1 is 1.67 bits per heavy atom. The lowest BCUT2D eigenvalue weighted by Crippen LogP contribution is -2.30. The molecule has 1 aromatic rings. The molecular formula is C8H13N3S. The molecule has 1 heterocycles. The summed E-state index contributed by atoms with van der Waals surface area (Å²) in [5.41, 5.74) is 2.59. The molecule has 1 aromatic heterocycles. The summed E-state index contributed by atoms with van der Waals surface area (Å²) in [7, 11) is 0. The molecule has 4 heteroatoms. The van der Waals surface area contributed by atoms with Crippen LogP contribution in [-0.4, -0.2) is 12.4 Å². The lowest BCUT2D eigenvalue weighted by Gasteiger charge is -2.00. The van der Waals surface area contributed by atoms with Gasteiger partial charge in [0.2, 0.25) is 0 Å². The third kappa shape index (κ3) is 2.06. The molecule has 0 aliphatic rings. The molecule has 0 saturated carbocycles. The summed E-state index contributed by atoms with van der Waals surface area (Å²) in [6.07, 6.45) is 0. The quantitative estimate of drug-likeness (QED) is 0.314. The Labute approximate surface area is 76.3 Å². The molecule has 0 radical (unpaired) electrons. The third-order valence-corrected chi connectivity index (χ3v) is 2.43. The molecule has 3 N–H and O–H groups in total. The summed E-state index contributed by atoms with van der Waals surface area (Å²) in [6.45, 7) is 4.79. The minimum absolute atomic E-state index is 0.747. The number of hydrogen-bond acceptors (Lipinski definition) is 3. The molecule has 0 bridgehead atoms. The first kappa shape index (κ1) is 9.22. The fourth-order valence-electron chi connectivity index (χ4n) is 0.915. The van der Waals surface area contributed by atoms with Crippen LogP contribution >= 0.6 is 11.3 Å². The molecule has 0 fully saturated rings. The summed E-state index contributed by atoms with van der Waals surface area (Å²) in [4.78, 5) is 6.58. The number of amidine groups is 1. The summed E-state index contributed by atoms with van der Waals surface area (Å²) in [5, 5.41) is 0. The van der Waals surface area contributed by atoms with Gasteiger partial charge in [0.1, 0.15) is 0 Å². The second kappa shape index (κ2) is 4.23. The minimum atomic E-state index is 0.747. The van der Waals surface area contributed by atoms with E-state index in [4.69, 9.17) is 5.84 Å². The van der Waals surface area contributed by atoms with Gasteiger partial charge in [0.05, 0.1) is 4.88 Å². The van der Waals surface area contributed by atoms with Crippen molar-refractivity contribution < 1.29 is 0 Å². The normalized spacial score (nSPS) is 11.8. The van der Waals surface area contributed by atoms with Gasteiger partial charge in [0.15, 0.2) is 5.84 Å². The zero-order valence-electron chi connectivity index (χ0n) is 7.29. The molecule has 0 amide bonds. The van der Waals surface area contributed by atoms with E-state index < -0.39 is 0 Å². The van der Waals surface area contributed by atoms with Gasteiger partial charge in [-0.3, -0.25) is 4.99 Å². The van der Waals surface area contributed by atoms with Crippen molar-refractivity contribution in [2.75, 3.05) is 6.54 Å². The van der Waals surface area contributed by atoms with Crippen molar-refractivity contribution in [1.29, 1.82) is 0 Å². The molecule has 0 saturated heterocycles. The maximum atomic E-state index is 5.33. The maximum absolute atomic E-state index is 5.33. The van der Waals surface area contributed by atoms with Gasteiger partial charge in [-0.25, -0.2) is 5.84 Å². The molecule has 12 heavy (non-hydrogen) atoms. The highest BCUT2D eigenvalue weighted by Crippen LogP contribution is 2.14. The number of aryl methyl sites for hydroxylation is 1. The summed E-state index contributed by atoms with van der Waals surface area (Å²) in [5.74, 6) is 6.10. The average Bonchev–Trinajstić information content (AvgIpc) is 2.47. The fourth-order valence-corrected chi connectivity index (χ4v) is 1.75. The summed E-state index contributed by atoms with van der Waals surface area (Å²) in [6, 6.07) is 4.08. The molecule has 0 aliphatic heterocycles. The molecular weight excluding hydrogens is 170 g/mol. The van der Waals surface area contributed by atoms with Gasteiger partial charge in [0, 0.05) is 11.4 Å². The third-order valence-electron chi connectivity index (χ3n) is 1.43. The van der Waals surface area contributed by atoms with E-state index >= 15 is 0 Å². The molecule has 0 aliphatic carbocycles. The monoisotopic (exact) mass is 183 g/mol. The number of rotatable bonds is 2. The Bertz CT molecular complexity index is 278. The second-order valence-corrected chi connectivity index (χ2v) is 3.67. The van der Waals surface area contributed by atoms with Crippen LogP contribution < -0.4 is 11.3 Å². The number of thiophene rings is 1. The SMILES string of the molecule is CCN=C(NN)c1ccc(C)s1. The van der Waals surface area contributed by atoms with E-state index in [2.05, 4.69) is 23.4 Å². The van der Waals surface area contributed by atoms with Crippen LogP contribution in [0.1, 0.15) is 16.7 Å². The van der Waals surface area contributed by atoms with Crippen molar-refractivity contribution in [1.82, 2.24) is 5.43 Å². The predicted octanol–water partition coefficient (Wildman–Crippen LogP) is 1.29. The maximum Gasteiger partial charge on any atom is 0.152 e. The number of nitrogens with two attached hydrogens (primary N) is 1. The van der Waals surface area contributed by atoms with Gasteiger partial charge < -0.3 is 5.43 Å². The van der Waals surface area contributed by atoms with Crippen molar-refractivity contribution in [3.8, 4) is 0 Å². The number of nitrogens with one attached hydrogen (secondary N) is 1. The van der Waals surface area contributed by atoms with Gasteiger partial charge in [-0.15, -0.1) is 11.3 Å². The van der Waals surface area contributed by atoms with Crippen LogP contribution in [0.5, 0.6) is 0 Å². The van der Waals surface area contributed by atoms with E-state index in [0.29, 0.717) is 0 Å². The molecule has 66 valence electrons. The topological polar surface area (TPSA) is 50.4 Å². The van der Waals surface area contributed by atoms with E-state index in [0.717, 1.165) is 17.3 Å². The Balaban J connectivity index is 2.87. The van der Waals surface area contributed by atoms with E-state index in [1.807, 2.05) is 13.0 Å². The van der Waals surface area contributed by atoms with Crippen LogP contribution in [0.2, 0.25) is 0 Å². The van der Waals surface area contributed by atoms with Crippen molar-refractivity contribution in [3.63, 3.8) is 0 Å². The average molecular weight is 183 g/mol. The smallest absolute Gasteiger partial charge is 0.152 e. The van der Waals surface area contributed by atoms with Crippen LogP contribution in [-0.2, 0) is 0 Å². The Kier molecular flexibility index (Phi) is 3.25. The highest BCUT2D eigenvalue weighted by Gasteiger charge is 2.02. The first-order valence-corrected chi connectivity index (χ1v) is 4.67. The molecule has 0 unspecified atom stereocenters. The zero-order chi connectivity index (χ0) is 8.97. The largest absolute Gasteiger partial charge is 0.308 e. The summed E-state index contributed by atoms with van der Waals surface area (Å²) < 4.78 is 0. The first-order valence-electron chi connectivity index (χ1n) is 3.85. The van der Waals surface area contributed by atoms with E-state index in [1.54, 1.807) is 11.3 Å². The van der Waals surface area contributed by atoms with Gasteiger partial charge in [0.25, 0.3) is 0 Å². The van der Waals surface area contributed by atoms with E-state index in [9.17, 15) is 0 Å². The Hall–Kier alpha value is -0.870. The Morgan fingerprint density at radius 2 is 2.42 bits per heavy atom. The van der Waals surface area contributed by atoms with Crippen LogP contribution in [0.4, 0.5) is 0 Å². The van der Waals surface area contributed by atoms with Crippen LogP contribution in [0.25, 0.3) is 0 Å². The van der Waals surface area contributed by atoms with Gasteiger partial charge in [-0.1, -0.05) is 0 Å². The molecule has 1 rings (SSSR count). The van der Waals surface area contributed by atoms with E-state index in [-0.39, 0.29) is 0 Å². The van der Waals surface area contributed by atoms with Crippen molar-refractivity contribution in [3.05, 3.63) is 21.9 Å². The minimum Gasteiger partial charge on any atom is -0.308 e. The van der Waals surface area contributed by atoms with Gasteiger partial charge >= 0.3 is 0 Å². The molecule has 0 spiro atoms. The number of hydrogen-bond donors (Lipinski definition) is 2. The lowest BCUT2D eigenvalue weighted by molar-refractivity contribution is 0.995. The van der Waals surface area contributed by atoms with Gasteiger partial charge in [-0.05, 0) is 26.0 Å². The van der Waals surface area contributed by atoms with Crippen LogP contribution in [0.15, 0.2) is 17.1 Å². The zero-order valence-corrected chi connectivity index (χ0v) is 8.11. The molecule has 3 nitrogen and oxygen atoms in total. The standard InChI is InChI=1S/C8H13N3S/c1-3-10-8(11-9)7-5-4-6(2)12-7/h4-5H,3,9H2,1-2H3,(H,10,11).